The van der Waals surface area contributed by atoms with Crippen molar-refractivity contribution in [2.75, 3.05) is 0 Å². The van der Waals surface area contributed by atoms with Crippen molar-refractivity contribution >= 4 is 17.0 Å². The summed E-state index contributed by atoms with van der Waals surface area (Å²) in [5, 5.41) is 0. The van der Waals surface area contributed by atoms with Crippen molar-refractivity contribution in [1.29, 1.82) is 0 Å². The van der Waals surface area contributed by atoms with Gasteiger partial charge in [0, 0.05) is 0 Å². The Kier molecular flexibility index (Phi) is 12.8. The van der Waals surface area contributed by atoms with Crippen molar-refractivity contribution in [1.82, 2.24) is 0 Å². The van der Waals surface area contributed by atoms with Gasteiger partial charge < -0.3 is 14.9 Å². The molecule has 34 heavy (non-hydrogen) atoms. The fourth-order valence-electron chi connectivity index (χ4n) is 9.28. The van der Waals surface area contributed by atoms with E-state index in [0.717, 1.165) is 47.3 Å². The first-order chi connectivity index (χ1) is 14.8. The predicted molar refractivity (Wildman–Crippen MR) is 151 cm³/mol. The van der Waals surface area contributed by atoms with E-state index in [1.54, 1.807) is 25.7 Å². The second kappa shape index (κ2) is 13.0. The van der Waals surface area contributed by atoms with E-state index in [9.17, 15) is 0 Å². The summed E-state index contributed by atoms with van der Waals surface area (Å²) in [6.07, 6.45) is 15.2. The first-order valence-electron chi connectivity index (χ1n) is 13.8. The molecule has 0 spiro atoms. The zero-order valence-corrected chi connectivity index (χ0v) is 28.4. The van der Waals surface area contributed by atoms with Crippen LogP contribution in [0.25, 0.3) is 0 Å². The van der Waals surface area contributed by atoms with Gasteiger partial charge in [0.1, 0.15) is 0 Å². The van der Waals surface area contributed by atoms with Crippen LogP contribution in [-0.2, 0) is 20.8 Å². The standard InChI is InChI=1S/C29H52.2CH3.2ClH.Zr/c1-27(2,3)20-13-15-22-23-16-14-21(28(4,5)6)18-25(23)26(24(22)17-20)29(7,8)19-11-9-10-12-19;;;;;/h19-26H,9-18H2,1-8H3;2*1H3;2*1H;/q;2*-1;;;+4/p-2. The molecule has 4 aliphatic rings. The molecule has 0 heterocycles. The SMILES string of the molecule is CC(C)(C)C1CCC2C3CCC(C(C)(C)C)CC3C(C(C)(C)C3CCCC3)C2C1.[CH3-].[CH3-].[Cl][Zr+2][Cl]. The Labute approximate surface area is 234 Å². The predicted octanol–water partition coefficient (Wildman–Crippen LogP) is 11.3. The normalized spacial score (nSPS) is 36.1. The number of fused-ring (bicyclic) bond motifs is 3. The average molecular weight is 593 g/mol. The molecule has 0 radical (unpaired) electrons. The number of rotatable bonds is 2. The quantitative estimate of drug-likeness (QED) is 0.280. The van der Waals surface area contributed by atoms with Gasteiger partial charge in [-0.2, -0.15) is 0 Å². The van der Waals surface area contributed by atoms with Crippen LogP contribution < -0.4 is 0 Å². The summed E-state index contributed by atoms with van der Waals surface area (Å²) in [5.74, 6) is 8.06. The molecule has 0 aromatic heterocycles. The maximum absolute atomic E-state index is 4.93. The second-order valence-corrected chi connectivity index (χ2v) is 18.5. The van der Waals surface area contributed by atoms with Crippen LogP contribution in [0.1, 0.15) is 120 Å². The van der Waals surface area contributed by atoms with Crippen molar-refractivity contribution in [3.05, 3.63) is 14.9 Å². The third-order valence-electron chi connectivity index (χ3n) is 11.1. The molecule has 0 aromatic rings. The summed E-state index contributed by atoms with van der Waals surface area (Å²) in [6, 6.07) is 0. The molecule has 200 valence electrons. The Hall–Kier alpha value is 1.46. The van der Waals surface area contributed by atoms with Crippen LogP contribution in [-0.4, -0.2) is 0 Å². The molecule has 4 aliphatic carbocycles. The fourth-order valence-corrected chi connectivity index (χ4v) is 9.28. The molecule has 0 aliphatic heterocycles. The minimum absolute atomic E-state index is 0. The van der Waals surface area contributed by atoms with Gasteiger partial charge in [-0.15, -0.1) is 0 Å². The van der Waals surface area contributed by atoms with Crippen molar-refractivity contribution < 1.29 is 20.8 Å². The zero-order chi connectivity index (χ0) is 23.9. The number of hydrogen-bond donors (Lipinski definition) is 0. The van der Waals surface area contributed by atoms with Crippen molar-refractivity contribution in [2.24, 2.45) is 63.6 Å². The molecule has 6 unspecified atom stereocenters. The molecule has 3 heteroatoms. The maximum atomic E-state index is 4.93. The summed E-state index contributed by atoms with van der Waals surface area (Å²) in [5.41, 5.74) is 1.54. The van der Waals surface area contributed by atoms with Crippen molar-refractivity contribution in [3.63, 3.8) is 0 Å². The van der Waals surface area contributed by atoms with E-state index in [1.807, 2.05) is 0 Å². The van der Waals surface area contributed by atoms with Gasteiger partial charge in [-0.05, 0) is 115 Å². The van der Waals surface area contributed by atoms with E-state index in [2.05, 4.69) is 55.4 Å². The topological polar surface area (TPSA) is 0 Å². The van der Waals surface area contributed by atoms with Gasteiger partial charge in [-0.1, -0.05) is 68.2 Å². The molecule has 0 bridgehead atoms. The Bertz CT molecular complexity index is 558. The first-order valence-corrected chi connectivity index (χ1v) is 20.1. The first kappa shape index (κ1) is 33.5. The van der Waals surface area contributed by atoms with E-state index >= 15 is 0 Å². The molecule has 0 amide bonds. The van der Waals surface area contributed by atoms with Gasteiger partial charge in [0.05, 0.1) is 0 Å². The molecule has 0 aromatic carbocycles. The van der Waals surface area contributed by atoms with Gasteiger partial charge in [-0.25, -0.2) is 0 Å². The van der Waals surface area contributed by atoms with Crippen LogP contribution in [0.5, 0.6) is 0 Å². The van der Waals surface area contributed by atoms with Crippen LogP contribution in [0.4, 0.5) is 0 Å². The zero-order valence-electron chi connectivity index (χ0n) is 24.4. The summed E-state index contributed by atoms with van der Waals surface area (Å²) < 4.78 is 0. The molecule has 4 saturated carbocycles. The number of hydrogen-bond acceptors (Lipinski definition) is 0. The third kappa shape index (κ3) is 7.10. The van der Waals surface area contributed by atoms with Crippen molar-refractivity contribution in [3.8, 4) is 0 Å². The fraction of sp³-hybridized carbons (Fsp3) is 0.935. The molecule has 4 rings (SSSR count). The molecule has 4 fully saturated rings. The second-order valence-electron chi connectivity index (χ2n) is 14.8. The average Bonchev–Trinajstić information content (AvgIpc) is 3.33. The summed E-state index contributed by atoms with van der Waals surface area (Å²) in [6.45, 7) is 20.6. The van der Waals surface area contributed by atoms with E-state index in [4.69, 9.17) is 17.0 Å². The Morgan fingerprint density at radius 2 is 0.882 bits per heavy atom. The Morgan fingerprint density at radius 3 is 1.21 bits per heavy atom. The van der Waals surface area contributed by atoms with E-state index in [-0.39, 0.29) is 14.9 Å². The molecule has 0 N–H and O–H groups in total. The molecule has 0 nitrogen and oxygen atoms in total. The molecular weight excluding hydrogens is 534 g/mol. The Balaban J connectivity index is 0.00000110. The Morgan fingerprint density at radius 1 is 0.529 bits per heavy atom. The number of halogens is 2. The van der Waals surface area contributed by atoms with Crippen molar-refractivity contribution in [2.45, 2.75) is 120 Å². The van der Waals surface area contributed by atoms with Gasteiger partial charge in [-0.3, -0.25) is 0 Å². The minimum atomic E-state index is -0.826. The van der Waals surface area contributed by atoms with Crippen LogP contribution >= 0.6 is 17.0 Å². The monoisotopic (exact) mass is 590 g/mol. The van der Waals surface area contributed by atoms with Gasteiger partial charge in [0.15, 0.2) is 0 Å². The van der Waals surface area contributed by atoms with E-state index in [1.165, 1.54) is 38.5 Å². The molecule has 6 atom stereocenters. The molecular formula is C31H58Cl2Zr. The summed E-state index contributed by atoms with van der Waals surface area (Å²) >= 11 is -0.826. The molecule has 0 saturated heterocycles. The van der Waals surface area contributed by atoms with Crippen LogP contribution in [0, 0.1) is 78.4 Å². The van der Waals surface area contributed by atoms with Gasteiger partial charge in [0.25, 0.3) is 0 Å². The van der Waals surface area contributed by atoms with Gasteiger partial charge >= 0.3 is 37.9 Å². The van der Waals surface area contributed by atoms with Crippen LogP contribution in [0.3, 0.4) is 0 Å². The third-order valence-corrected chi connectivity index (χ3v) is 11.1. The summed E-state index contributed by atoms with van der Waals surface area (Å²) in [4.78, 5) is 0. The van der Waals surface area contributed by atoms with E-state index in [0.29, 0.717) is 16.2 Å². The van der Waals surface area contributed by atoms with Gasteiger partial charge in [0.2, 0.25) is 0 Å². The van der Waals surface area contributed by atoms with E-state index < -0.39 is 20.8 Å². The van der Waals surface area contributed by atoms with Crippen LogP contribution in [0.2, 0.25) is 0 Å². The van der Waals surface area contributed by atoms with Crippen LogP contribution in [0.15, 0.2) is 0 Å². The summed E-state index contributed by atoms with van der Waals surface area (Å²) in [7, 11) is 9.87.